The molecule has 8 heteroatoms. The summed E-state index contributed by atoms with van der Waals surface area (Å²) in [6.45, 7) is 0. The first-order chi connectivity index (χ1) is 12.6. The van der Waals surface area contributed by atoms with E-state index in [9.17, 15) is 14.3 Å². The van der Waals surface area contributed by atoms with Crippen LogP contribution in [0.3, 0.4) is 0 Å². The fraction of sp³-hybridized carbons (Fsp3) is 0. The predicted octanol–water partition coefficient (Wildman–Crippen LogP) is 4.33. The number of amides is 1. The van der Waals surface area contributed by atoms with Gasteiger partial charge in [-0.2, -0.15) is 5.10 Å². The molecule has 0 aliphatic heterocycles. The minimum Gasteiger partial charge on any atom is -0.493 e. The van der Waals surface area contributed by atoms with Crippen LogP contribution in [-0.2, 0) is 0 Å². The maximum atomic E-state index is 13.0. The molecule has 0 aliphatic carbocycles. The third-order valence-electron chi connectivity index (χ3n) is 3.85. The second-order valence-electron chi connectivity index (χ2n) is 5.55. The molecule has 0 radical (unpaired) electrons. The van der Waals surface area contributed by atoms with Gasteiger partial charge in [0.15, 0.2) is 5.69 Å². The molecule has 7 nitrogen and oxygen atoms in total. The number of aromatic amines is 2. The van der Waals surface area contributed by atoms with Gasteiger partial charge in [0.25, 0.3) is 0 Å². The second kappa shape index (κ2) is 6.25. The van der Waals surface area contributed by atoms with Crippen molar-refractivity contribution in [1.29, 1.82) is 0 Å². The monoisotopic (exact) mass is 349 g/mol. The molecule has 0 fully saturated rings. The molecule has 2 aromatic heterocycles. The molecule has 0 spiro atoms. The van der Waals surface area contributed by atoms with Crippen molar-refractivity contribution in [3.05, 3.63) is 66.1 Å². The van der Waals surface area contributed by atoms with Crippen molar-refractivity contribution < 1.29 is 14.3 Å². The lowest BCUT2D eigenvalue weighted by atomic mass is 10.1. The zero-order valence-electron chi connectivity index (χ0n) is 13.3. The lowest BCUT2D eigenvalue weighted by molar-refractivity contribution is 0.0990. The van der Waals surface area contributed by atoms with Gasteiger partial charge in [-0.15, -0.1) is 10.2 Å². The summed E-state index contributed by atoms with van der Waals surface area (Å²) in [7, 11) is 0. The molecule has 0 unspecified atom stereocenters. The summed E-state index contributed by atoms with van der Waals surface area (Å²) in [5.74, 6) is -1.16. The number of carbonyl (C=O) groups excluding carboxylic acids is 1. The van der Waals surface area contributed by atoms with Gasteiger partial charge in [-0.1, -0.05) is 18.2 Å². The normalized spacial score (nSPS) is 11.4. The van der Waals surface area contributed by atoms with Crippen molar-refractivity contribution in [3.63, 3.8) is 0 Å². The molecule has 0 saturated heterocycles. The van der Waals surface area contributed by atoms with Gasteiger partial charge in [0, 0.05) is 10.9 Å². The maximum absolute atomic E-state index is 13.0. The van der Waals surface area contributed by atoms with E-state index >= 15 is 0 Å². The highest BCUT2D eigenvalue weighted by molar-refractivity contribution is 5.96. The quantitative estimate of drug-likeness (QED) is 0.479. The second-order valence-corrected chi connectivity index (χ2v) is 5.55. The Bertz CT molecular complexity index is 1130. The average Bonchev–Trinajstić information content (AvgIpc) is 3.25. The Morgan fingerprint density at radius 1 is 1.12 bits per heavy atom. The maximum Gasteiger partial charge on any atom is 0.313 e. The molecule has 0 saturated carbocycles. The van der Waals surface area contributed by atoms with Crippen LogP contribution >= 0.6 is 0 Å². The Hall–Kier alpha value is -3.81. The minimum absolute atomic E-state index is 0.132. The first-order valence-corrected chi connectivity index (χ1v) is 7.69. The molecular weight excluding hydrogens is 337 g/mol. The highest BCUT2D eigenvalue weighted by atomic mass is 19.1. The number of azo groups is 1. The highest BCUT2D eigenvalue weighted by Crippen LogP contribution is 2.35. The van der Waals surface area contributed by atoms with Gasteiger partial charge in [-0.05, 0) is 36.4 Å². The molecule has 128 valence electrons. The molecule has 2 aromatic carbocycles. The Morgan fingerprint density at radius 3 is 2.69 bits per heavy atom. The van der Waals surface area contributed by atoms with E-state index in [-0.39, 0.29) is 23.1 Å². The zero-order chi connectivity index (χ0) is 18.1. The van der Waals surface area contributed by atoms with Crippen LogP contribution < -0.4 is 0 Å². The van der Waals surface area contributed by atoms with Crippen LogP contribution in [-0.4, -0.2) is 26.2 Å². The molecule has 3 N–H and O–H groups in total. The Balaban J connectivity index is 1.59. The summed E-state index contributed by atoms with van der Waals surface area (Å²) in [4.78, 5) is 15.0. The van der Waals surface area contributed by atoms with Gasteiger partial charge in [-0.3, -0.25) is 9.89 Å². The Kier molecular flexibility index (Phi) is 3.77. The number of H-pyrrole nitrogens is 2. The molecule has 1 amide bonds. The molecule has 0 aliphatic rings. The van der Waals surface area contributed by atoms with Gasteiger partial charge >= 0.3 is 5.91 Å². The van der Waals surface area contributed by atoms with E-state index in [2.05, 4.69) is 25.4 Å². The summed E-state index contributed by atoms with van der Waals surface area (Å²) in [6, 6.07) is 14.4. The smallest absolute Gasteiger partial charge is 0.313 e. The number of fused-ring (bicyclic) bond motifs is 1. The van der Waals surface area contributed by atoms with Crippen molar-refractivity contribution in [2.24, 2.45) is 10.2 Å². The summed E-state index contributed by atoms with van der Waals surface area (Å²) in [5.41, 5.74) is 2.15. The SMILES string of the molecule is O=C(N=Nc1c(O)[nH]c2ccccc12)c1cc(-c2ccc(F)cc2)n[nH]1. The molecular formula is C18H12FN5O2. The number of rotatable bonds is 3. The standard InChI is InChI=1S/C18H12FN5O2/c19-11-7-5-10(6-8-11)14-9-15(22-21-14)17(25)24-23-16-12-3-1-2-4-13(12)20-18(16)26/h1-9,20,26H,(H,21,22). The fourth-order valence-corrected chi connectivity index (χ4v) is 2.56. The van der Waals surface area contributed by atoms with Gasteiger partial charge in [0.2, 0.25) is 5.88 Å². The van der Waals surface area contributed by atoms with Crippen LogP contribution in [0, 0.1) is 5.82 Å². The van der Waals surface area contributed by atoms with E-state index < -0.39 is 5.91 Å². The van der Waals surface area contributed by atoms with Crippen molar-refractivity contribution in [2.75, 3.05) is 0 Å². The minimum atomic E-state index is -0.643. The van der Waals surface area contributed by atoms with Crippen LogP contribution in [0.4, 0.5) is 10.1 Å². The van der Waals surface area contributed by atoms with Crippen LogP contribution in [0.15, 0.2) is 64.8 Å². The molecule has 2 heterocycles. The van der Waals surface area contributed by atoms with Gasteiger partial charge in [-0.25, -0.2) is 4.39 Å². The zero-order valence-corrected chi connectivity index (χ0v) is 13.3. The molecule has 4 aromatic rings. The lowest BCUT2D eigenvalue weighted by Gasteiger charge is -1.94. The summed E-state index contributed by atoms with van der Waals surface area (Å²) in [5, 5.41) is 24.7. The lowest BCUT2D eigenvalue weighted by Crippen LogP contribution is -1.93. The van der Waals surface area contributed by atoms with Crippen LogP contribution in [0.25, 0.3) is 22.2 Å². The number of nitrogens with zero attached hydrogens (tertiary/aromatic N) is 3. The third-order valence-corrected chi connectivity index (χ3v) is 3.85. The number of hydrogen-bond donors (Lipinski definition) is 3. The number of para-hydroxylation sites is 1. The molecule has 0 atom stereocenters. The van der Waals surface area contributed by atoms with E-state index in [1.54, 1.807) is 30.3 Å². The number of halogens is 1. The van der Waals surface area contributed by atoms with Gasteiger partial charge in [0.1, 0.15) is 11.5 Å². The van der Waals surface area contributed by atoms with Crippen LogP contribution in [0.5, 0.6) is 5.88 Å². The highest BCUT2D eigenvalue weighted by Gasteiger charge is 2.13. The van der Waals surface area contributed by atoms with Crippen molar-refractivity contribution in [2.45, 2.75) is 0 Å². The van der Waals surface area contributed by atoms with E-state index in [4.69, 9.17) is 0 Å². The van der Waals surface area contributed by atoms with E-state index in [0.29, 0.717) is 22.2 Å². The van der Waals surface area contributed by atoms with Crippen molar-refractivity contribution in [1.82, 2.24) is 15.2 Å². The van der Waals surface area contributed by atoms with E-state index in [1.165, 1.54) is 18.2 Å². The summed E-state index contributed by atoms with van der Waals surface area (Å²) < 4.78 is 13.0. The first kappa shape index (κ1) is 15.7. The topological polar surface area (TPSA) is 106 Å². The third kappa shape index (κ3) is 2.84. The number of benzene rings is 2. The van der Waals surface area contributed by atoms with Crippen LogP contribution in [0.1, 0.15) is 10.5 Å². The van der Waals surface area contributed by atoms with Gasteiger partial charge in [0.05, 0.1) is 11.2 Å². The number of hydrogen-bond acceptors (Lipinski definition) is 4. The molecule has 0 bridgehead atoms. The Morgan fingerprint density at radius 2 is 1.88 bits per heavy atom. The number of aromatic nitrogens is 3. The first-order valence-electron chi connectivity index (χ1n) is 7.69. The molecule has 4 rings (SSSR count). The fourth-order valence-electron chi connectivity index (χ4n) is 2.56. The van der Waals surface area contributed by atoms with E-state index in [0.717, 1.165) is 0 Å². The number of aromatic hydroxyl groups is 1. The van der Waals surface area contributed by atoms with Crippen molar-refractivity contribution >= 4 is 22.5 Å². The van der Waals surface area contributed by atoms with Crippen molar-refractivity contribution in [3.8, 4) is 17.1 Å². The number of carbonyl (C=O) groups is 1. The Labute approximate surface area is 146 Å². The van der Waals surface area contributed by atoms with Crippen LogP contribution in [0.2, 0.25) is 0 Å². The average molecular weight is 349 g/mol. The largest absolute Gasteiger partial charge is 0.493 e. The summed E-state index contributed by atoms with van der Waals surface area (Å²) in [6.07, 6.45) is 0. The molecule has 26 heavy (non-hydrogen) atoms. The van der Waals surface area contributed by atoms with E-state index in [1.807, 2.05) is 6.07 Å². The number of nitrogens with one attached hydrogen (secondary N) is 2. The predicted molar refractivity (Wildman–Crippen MR) is 92.8 cm³/mol. The van der Waals surface area contributed by atoms with Gasteiger partial charge < -0.3 is 10.1 Å². The summed E-state index contributed by atoms with van der Waals surface area (Å²) >= 11 is 0.